The molecule has 1 saturated heterocycles. The van der Waals surface area contributed by atoms with Crippen molar-refractivity contribution in [3.8, 4) is 0 Å². The highest BCUT2D eigenvalue weighted by Crippen LogP contribution is 2.38. The molecule has 0 spiro atoms. The van der Waals surface area contributed by atoms with E-state index >= 15 is 0 Å². The summed E-state index contributed by atoms with van der Waals surface area (Å²) in [5.74, 6) is -2.10. The molecule has 0 radical (unpaired) electrons. The Kier molecular flexibility index (Phi) is 6.37. The highest BCUT2D eigenvalue weighted by molar-refractivity contribution is 8.00. The van der Waals surface area contributed by atoms with Gasteiger partial charge in [0.1, 0.15) is 16.5 Å². The summed E-state index contributed by atoms with van der Waals surface area (Å²) in [6, 6.07) is 10.2. The molecule has 0 saturated carbocycles. The molecule has 0 aromatic heterocycles. The van der Waals surface area contributed by atoms with Crippen LogP contribution in [0.15, 0.2) is 52.3 Å². The van der Waals surface area contributed by atoms with Crippen LogP contribution in [0.4, 0.5) is 14.5 Å². The van der Waals surface area contributed by atoms with E-state index in [4.69, 9.17) is 0 Å². The minimum atomic E-state index is -4.16. The Morgan fingerprint density at radius 2 is 1.74 bits per heavy atom. The Bertz CT molecular complexity index is 1090. The molecule has 4 rings (SSSR count). The molecule has 1 unspecified atom stereocenters. The summed E-state index contributed by atoms with van der Waals surface area (Å²) >= 11 is 1.76. The van der Waals surface area contributed by atoms with Gasteiger partial charge < -0.3 is 4.90 Å². The molecule has 0 bridgehead atoms. The van der Waals surface area contributed by atoms with E-state index in [1.54, 1.807) is 11.8 Å². The first-order chi connectivity index (χ1) is 14.8. The summed E-state index contributed by atoms with van der Waals surface area (Å²) < 4.78 is 54.3. The maximum absolute atomic E-state index is 14.0. The number of hydrogen-bond donors (Lipinski definition) is 0. The highest BCUT2D eigenvalue weighted by atomic mass is 32.2. The maximum Gasteiger partial charge on any atom is 0.246 e. The summed E-state index contributed by atoms with van der Waals surface area (Å²) in [5.41, 5.74) is 0.902. The average molecular weight is 467 g/mol. The number of hydrogen-bond acceptors (Lipinski definition) is 4. The Labute approximate surface area is 185 Å². The highest BCUT2D eigenvalue weighted by Gasteiger charge is 2.36. The Hall–Kier alpha value is -1.97. The van der Waals surface area contributed by atoms with Crippen molar-refractivity contribution in [2.75, 3.05) is 24.5 Å². The molecule has 2 aliphatic rings. The number of carbonyl (C=O) groups is 1. The van der Waals surface area contributed by atoms with Crippen LogP contribution in [0.3, 0.4) is 0 Å². The molecule has 166 valence electrons. The number of benzene rings is 2. The number of fused-ring (bicyclic) bond motifs is 1. The van der Waals surface area contributed by atoms with Gasteiger partial charge in [0.2, 0.25) is 15.9 Å². The third-order valence-corrected chi connectivity index (χ3v) is 8.97. The SMILES string of the molecule is CC1CCN(C(=O)C2CCN(S(=O)(=O)c3cc(F)ccc3F)CC2)c2ccccc2S1. The Balaban J connectivity index is 1.49. The summed E-state index contributed by atoms with van der Waals surface area (Å²) in [7, 11) is -4.16. The van der Waals surface area contributed by atoms with Crippen molar-refractivity contribution in [2.45, 2.75) is 41.2 Å². The van der Waals surface area contributed by atoms with Gasteiger partial charge in [-0.05, 0) is 49.6 Å². The van der Waals surface area contributed by atoms with Gasteiger partial charge in [0, 0.05) is 35.7 Å². The molecule has 0 aliphatic carbocycles. The number of piperidine rings is 1. The molecule has 1 fully saturated rings. The van der Waals surface area contributed by atoms with Crippen LogP contribution in [0.25, 0.3) is 0 Å². The molecule has 1 atom stereocenters. The molecular formula is C22H24F2N2O3S2. The quantitative estimate of drug-likeness (QED) is 0.678. The second kappa shape index (κ2) is 8.88. The van der Waals surface area contributed by atoms with Crippen LogP contribution in [-0.4, -0.2) is 43.5 Å². The van der Waals surface area contributed by atoms with E-state index in [9.17, 15) is 22.0 Å². The van der Waals surface area contributed by atoms with Crippen LogP contribution in [0, 0.1) is 17.6 Å². The summed E-state index contributed by atoms with van der Waals surface area (Å²) in [5, 5.41) is 0.395. The smallest absolute Gasteiger partial charge is 0.246 e. The molecule has 2 heterocycles. The summed E-state index contributed by atoms with van der Waals surface area (Å²) in [4.78, 5) is 15.6. The minimum Gasteiger partial charge on any atom is -0.311 e. The van der Waals surface area contributed by atoms with Gasteiger partial charge >= 0.3 is 0 Å². The van der Waals surface area contributed by atoms with E-state index in [0.29, 0.717) is 30.7 Å². The molecule has 2 aromatic rings. The topological polar surface area (TPSA) is 57.7 Å². The van der Waals surface area contributed by atoms with E-state index in [1.165, 1.54) is 0 Å². The van der Waals surface area contributed by atoms with Crippen LogP contribution in [-0.2, 0) is 14.8 Å². The number of anilines is 1. The molecule has 5 nitrogen and oxygen atoms in total. The largest absolute Gasteiger partial charge is 0.311 e. The van der Waals surface area contributed by atoms with Crippen molar-refractivity contribution >= 4 is 33.4 Å². The standard InChI is InChI=1S/C22H24F2N2O3S2/c1-15-8-13-26(19-4-2-3-5-20(19)30-15)22(27)16-9-11-25(12-10-16)31(28,29)21-14-17(23)6-7-18(21)24/h2-7,14-16H,8-13H2,1H3. The van der Waals surface area contributed by atoms with Gasteiger partial charge in [0.05, 0.1) is 5.69 Å². The monoisotopic (exact) mass is 466 g/mol. The van der Waals surface area contributed by atoms with E-state index in [2.05, 4.69) is 6.92 Å². The number of amides is 1. The normalized spacial score (nSPS) is 20.9. The average Bonchev–Trinajstić information content (AvgIpc) is 2.93. The number of sulfonamides is 1. The lowest BCUT2D eigenvalue weighted by atomic mass is 9.96. The summed E-state index contributed by atoms with van der Waals surface area (Å²) in [6.07, 6.45) is 1.56. The molecule has 2 aromatic carbocycles. The number of rotatable bonds is 3. The number of para-hydroxylation sites is 1. The van der Waals surface area contributed by atoms with Gasteiger partial charge in [0.15, 0.2) is 0 Å². The summed E-state index contributed by atoms with van der Waals surface area (Å²) in [6.45, 7) is 2.95. The third-order valence-electron chi connectivity index (χ3n) is 5.82. The first kappa shape index (κ1) is 22.2. The van der Waals surface area contributed by atoms with Crippen molar-refractivity contribution in [1.82, 2.24) is 4.31 Å². The lowest BCUT2D eigenvalue weighted by Gasteiger charge is -2.33. The van der Waals surface area contributed by atoms with Gasteiger partial charge in [-0.3, -0.25) is 4.79 Å². The fraction of sp³-hybridized carbons (Fsp3) is 0.409. The molecule has 2 aliphatic heterocycles. The Morgan fingerprint density at radius 3 is 2.48 bits per heavy atom. The predicted molar refractivity (Wildman–Crippen MR) is 117 cm³/mol. The zero-order chi connectivity index (χ0) is 22.2. The lowest BCUT2D eigenvalue weighted by molar-refractivity contribution is -0.123. The van der Waals surface area contributed by atoms with E-state index in [1.807, 2.05) is 29.2 Å². The Morgan fingerprint density at radius 1 is 1.03 bits per heavy atom. The van der Waals surface area contributed by atoms with E-state index < -0.39 is 26.6 Å². The molecular weight excluding hydrogens is 442 g/mol. The first-order valence-electron chi connectivity index (χ1n) is 10.3. The van der Waals surface area contributed by atoms with Crippen molar-refractivity contribution in [3.05, 3.63) is 54.1 Å². The predicted octanol–water partition coefficient (Wildman–Crippen LogP) is 4.28. The molecule has 31 heavy (non-hydrogen) atoms. The zero-order valence-corrected chi connectivity index (χ0v) is 18.8. The zero-order valence-electron chi connectivity index (χ0n) is 17.1. The maximum atomic E-state index is 14.0. The minimum absolute atomic E-state index is 0.00358. The van der Waals surface area contributed by atoms with Crippen LogP contribution in [0.5, 0.6) is 0 Å². The van der Waals surface area contributed by atoms with Crippen molar-refractivity contribution < 1.29 is 22.0 Å². The third kappa shape index (κ3) is 4.49. The number of carbonyl (C=O) groups excluding carboxylic acids is 1. The van der Waals surface area contributed by atoms with Gasteiger partial charge in [-0.1, -0.05) is 19.1 Å². The second-order valence-electron chi connectivity index (χ2n) is 7.93. The number of thioether (sulfide) groups is 1. The van der Waals surface area contributed by atoms with Gasteiger partial charge in [0.25, 0.3) is 0 Å². The van der Waals surface area contributed by atoms with E-state index in [0.717, 1.165) is 33.4 Å². The fourth-order valence-electron chi connectivity index (χ4n) is 4.09. The van der Waals surface area contributed by atoms with Gasteiger partial charge in [-0.25, -0.2) is 17.2 Å². The van der Waals surface area contributed by atoms with Crippen molar-refractivity contribution in [1.29, 1.82) is 0 Å². The number of halogens is 2. The van der Waals surface area contributed by atoms with Gasteiger partial charge in [-0.15, -0.1) is 11.8 Å². The van der Waals surface area contributed by atoms with E-state index in [-0.39, 0.29) is 24.9 Å². The fourth-order valence-corrected chi connectivity index (χ4v) is 6.75. The van der Waals surface area contributed by atoms with Crippen LogP contribution >= 0.6 is 11.8 Å². The van der Waals surface area contributed by atoms with Crippen LogP contribution in [0.1, 0.15) is 26.2 Å². The lowest BCUT2D eigenvalue weighted by Crippen LogP contribution is -2.45. The molecule has 1 amide bonds. The van der Waals surface area contributed by atoms with Gasteiger partial charge in [-0.2, -0.15) is 4.31 Å². The number of nitrogens with zero attached hydrogens (tertiary/aromatic N) is 2. The first-order valence-corrected chi connectivity index (χ1v) is 12.6. The molecule has 9 heteroatoms. The van der Waals surface area contributed by atoms with Crippen molar-refractivity contribution in [3.63, 3.8) is 0 Å². The van der Waals surface area contributed by atoms with Crippen LogP contribution < -0.4 is 4.90 Å². The molecule has 0 N–H and O–H groups in total. The van der Waals surface area contributed by atoms with Crippen molar-refractivity contribution in [2.24, 2.45) is 5.92 Å². The van der Waals surface area contributed by atoms with Crippen LogP contribution in [0.2, 0.25) is 0 Å². The second-order valence-corrected chi connectivity index (χ2v) is 11.3.